The minimum atomic E-state index is -1.62. The molecule has 0 aliphatic carbocycles. The molecule has 4 saturated heterocycles. The highest BCUT2D eigenvalue weighted by molar-refractivity contribution is 8.02. The van der Waals surface area contributed by atoms with Crippen LogP contribution in [0.4, 0.5) is 0 Å². The van der Waals surface area contributed by atoms with E-state index in [1.54, 1.807) is 36.4 Å². The lowest BCUT2D eigenvalue weighted by molar-refractivity contribution is -0.288. The van der Waals surface area contributed by atoms with Crippen LogP contribution < -0.4 is 18.9 Å². The largest absolute Gasteiger partial charge is 0.500 e. The quantitative estimate of drug-likeness (QED) is 0.0356. The van der Waals surface area contributed by atoms with Crippen molar-refractivity contribution in [3.8, 4) is 67.5 Å². The number of aromatic amines is 2. The summed E-state index contributed by atoms with van der Waals surface area (Å²) < 4.78 is 85.0. The molecule has 46 heteroatoms. The van der Waals surface area contributed by atoms with Crippen molar-refractivity contribution in [1.82, 2.24) is 19.9 Å². The number of esters is 8. The molecule has 0 amide bonds. The van der Waals surface area contributed by atoms with Crippen LogP contribution >= 0.6 is 0 Å². The molecule has 0 spiro atoms. The number of hydrogen-bond acceptors (Lipinski definition) is 24. The third-order valence-electron chi connectivity index (χ3n) is 21.8. The monoisotopic (exact) mass is 1620 g/mol. The van der Waals surface area contributed by atoms with Gasteiger partial charge in [-0.1, -0.05) is 54.9 Å². The van der Waals surface area contributed by atoms with E-state index in [4.69, 9.17) is 154 Å². The average Bonchev–Trinajstić information content (AvgIpc) is 1.41. The summed E-state index contributed by atoms with van der Waals surface area (Å²) in [7, 11) is 62.7. The Morgan fingerprint density at radius 2 is 0.691 bits per heavy atom. The molecule has 20 radical (unpaired) electrons. The van der Waals surface area contributed by atoms with Gasteiger partial charge in [-0.05, 0) is 131 Å². The van der Waals surface area contributed by atoms with Gasteiger partial charge < -0.3 is 76.3 Å². The maximum atomic E-state index is 13.1. The topological polar surface area (TPSA) is 323 Å². The van der Waals surface area contributed by atoms with Gasteiger partial charge in [0.25, 0.3) is 0 Å². The molecule has 8 bridgehead atoms. The van der Waals surface area contributed by atoms with Crippen molar-refractivity contribution in [3.05, 3.63) is 144 Å². The van der Waals surface area contributed by atoms with E-state index in [0.29, 0.717) is 113 Å². The fourth-order valence-electron chi connectivity index (χ4n) is 16.4. The van der Waals surface area contributed by atoms with Gasteiger partial charge in [0.15, 0.2) is 24.4 Å². The van der Waals surface area contributed by atoms with Crippen molar-refractivity contribution in [2.24, 2.45) is 0 Å². The second kappa shape index (κ2) is 39.2. The molecule has 3 aromatic heterocycles. The Morgan fingerprint density at radius 1 is 0.374 bits per heavy atom. The van der Waals surface area contributed by atoms with Crippen molar-refractivity contribution >= 4 is 236 Å². The molecule has 4 aromatic carbocycles. The summed E-state index contributed by atoms with van der Waals surface area (Å²) >= 11 is 0. The number of benzene rings is 4. The first-order valence-electron chi connectivity index (χ1n) is 40.0. The lowest BCUT2D eigenvalue weighted by atomic mass is 8.57. The molecule has 4 fully saturated rings. The highest BCUT2D eigenvalue weighted by Crippen LogP contribution is 2.45. The first-order valence-corrected chi connectivity index (χ1v) is 40.0. The molecule has 13 rings (SSSR count). The number of H-pyrrole nitrogens is 2. The molecular formula is C77H72B20N4O22. The van der Waals surface area contributed by atoms with Crippen LogP contribution in [0.3, 0.4) is 0 Å². The fraction of sp³-hybridized carbons (Fsp3) is 0.325. The van der Waals surface area contributed by atoms with Crippen molar-refractivity contribution in [3.63, 3.8) is 0 Å². The molecule has 592 valence electrons. The Kier molecular flexibility index (Phi) is 28.8. The molecule has 7 aromatic rings. The minimum absolute atomic E-state index is 0.0127. The van der Waals surface area contributed by atoms with Crippen molar-refractivity contribution in [2.75, 3.05) is 19.8 Å². The minimum Gasteiger partial charge on any atom is -0.500 e. The highest BCUT2D eigenvalue weighted by atomic mass is 16.7. The second-order valence-corrected chi connectivity index (χ2v) is 31.1. The summed E-state index contributed by atoms with van der Waals surface area (Å²) in [6.07, 6.45) is -12.1. The number of nitrogens with zero attached hydrogens (tertiary/aromatic N) is 2. The molecule has 2 N–H and O–H groups in total. The van der Waals surface area contributed by atoms with E-state index in [9.17, 15) is 38.4 Å². The maximum Gasteiger partial charge on any atom is 0.303 e. The number of nitrogens with one attached hydrogen (secondary N) is 2. The maximum absolute atomic E-state index is 13.1. The molecule has 123 heavy (non-hydrogen) atoms. The van der Waals surface area contributed by atoms with Gasteiger partial charge in [-0.2, -0.15) is 0 Å². The Hall–Kier alpha value is -10.3. The number of hydrogen-bond donors (Lipinski definition) is 2. The molecule has 9 heterocycles. The van der Waals surface area contributed by atoms with Crippen LogP contribution in [-0.4, -0.2) is 297 Å². The zero-order valence-corrected chi connectivity index (χ0v) is 68.7. The van der Waals surface area contributed by atoms with Gasteiger partial charge in [-0.25, -0.2) is 9.97 Å². The van der Waals surface area contributed by atoms with E-state index in [1.807, 2.05) is 109 Å². The Morgan fingerprint density at radius 3 is 1.02 bits per heavy atom. The second-order valence-electron chi connectivity index (χ2n) is 31.1. The van der Waals surface area contributed by atoms with Crippen LogP contribution in [0.2, 0.25) is 18.5 Å². The summed E-state index contributed by atoms with van der Waals surface area (Å²) in [5.41, 5.74) is 8.27. The van der Waals surface area contributed by atoms with E-state index in [0.717, 1.165) is 41.5 Å². The molecule has 6 aliphatic rings. The molecular weight excluding hydrogens is 1550 g/mol. The van der Waals surface area contributed by atoms with Gasteiger partial charge in [-0.15, -0.1) is 0 Å². The zero-order chi connectivity index (χ0) is 88.1. The van der Waals surface area contributed by atoms with Crippen molar-refractivity contribution in [2.45, 2.75) is 141 Å². The van der Waals surface area contributed by atoms with E-state index in [2.05, 4.69) is 9.97 Å². The molecule has 0 saturated carbocycles. The summed E-state index contributed by atoms with van der Waals surface area (Å²) in [6, 6.07) is 35.9. The van der Waals surface area contributed by atoms with Gasteiger partial charge in [0, 0.05) is 228 Å². The highest BCUT2D eigenvalue weighted by Gasteiger charge is 2.57. The van der Waals surface area contributed by atoms with Crippen LogP contribution in [0.15, 0.2) is 121 Å². The SMILES string of the molecule is [B]B([B])B([B])B(B([B])[B])B1CC1COc1cccc(-c2c3nc(c(-c4cccc(OC5OC(COC(C)=O)C(OC(C)=O)C(OC(C)=O)C5OC(C)=O)c4)c4ccc([nH]4)c(-c4cccc(OC5CB5B(B([B])[B])B([B])B([B])[B])c4)c4nc(c(-c5cccc(OC6OC(COC(C)=O)C(OC(C)=O)C(OC(C)=O)C6OC(C)=O)c5)c5ccc2[nH]5)C=C4)C=C3)c1. The number of carbonyl (C=O) groups excluding carboxylic acids is 8. The third-order valence-corrected chi connectivity index (χ3v) is 21.8. The predicted molar refractivity (Wildman–Crippen MR) is 484 cm³/mol. The summed E-state index contributed by atoms with van der Waals surface area (Å²) in [6.45, 7) is 8.10. The summed E-state index contributed by atoms with van der Waals surface area (Å²) in [4.78, 5) is 121. The Bertz CT molecular complexity index is 5280. The molecule has 12 atom stereocenters. The first kappa shape index (κ1) is 90.4. The van der Waals surface area contributed by atoms with Crippen LogP contribution in [0.1, 0.15) is 78.2 Å². The number of ether oxygens (including phenoxy) is 14. The van der Waals surface area contributed by atoms with Gasteiger partial charge in [0.2, 0.25) is 24.8 Å². The van der Waals surface area contributed by atoms with Gasteiger partial charge in [-0.3, -0.25) is 38.4 Å². The van der Waals surface area contributed by atoms with Crippen molar-refractivity contribution in [1.29, 1.82) is 0 Å². The summed E-state index contributed by atoms with van der Waals surface area (Å²) in [5, 5.41) is 0. The Labute approximate surface area is 728 Å². The lowest BCUT2D eigenvalue weighted by Gasteiger charge is -2.43. The number of rotatable bonds is 31. The van der Waals surface area contributed by atoms with Crippen molar-refractivity contribution < 1.29 is 105 Å². The van der Waals surface area contributed by atoms with E-state index < -0.39 is 167 Å². The fourth-order valence-corrected chi connectivity index (χ4v) is 16.4. The van der Waals surface area contributed by atoms with Crippen LogP contribution in [-0.2, 0) is 85.7 Å². The summed E-state index contributed by atoms with van der Waals surface area (Å²) in [5.74, 6) is -5.18. The van der Waals surface area contributed by atoms with Crippen LogP contribution in [0.25, 0.3) is 90.9 Å². The van der Waals surface area contributed by atoms with Crippen LogP contribution in [0.5, 0.6) is 23.0 Å². The normalized spacial score (nSPS) is 20.8. The number of carbonyl (C=O) groups is 8. The van der Waals surface area contributed by atoms with Crippen LogP contribution in [0, 0.1) is 0 Å². The smallest absolute Gasteiger partial charge is 0.303 e. The first-order chi connectivity index (χ1) is 58.6. The number of fused-ring (bicyclic) bond motifs is 8. The van der Waals surface area contributed by atoms with E-state index in [1.165, 1.54) is 13.8 Å². The molecule has 12 unspecified atom stereocenters. The van der Waals surface area contributed by atoms with Gasteiger partial charge in [0.1, 0.15) is 55.0 Å². The average molecular weight is 1620 g/mol. The van der Waals surface area contributed by atoms with Gasteiger partial charge >= 0.3 is 47.8 Å². The number of aromatic nitrogens is 4. The Balaban J connectivity index is 1.02. The standard InChI is InChI=1S/C77H72B20N4O22/c1-38(102)110-36-63-70(113-40(3)104)72(115-42(5)106)74(117-44(7)108)76(122-63)120-53-19-11-15-48(31-53)68-59-23-21-55(98-59)66(46-13-9-17-51(29-46)112-35-50-33-88(50)96(92(82)83)94(86)90(78)79)56-22-24-60(99-56)69(49-16-12-20-54(32-49)121-77-75(118-45(8)109)73(116-43(6)107)71(114-41(4)105)64(123-77)37-111-39(2)103)62-28-26-58(101-62)67(57-25-27-61(68)100-57)47-14-10-18-52(30-47)119-65-34-89(65)97(93(84)85)95(87)91(80)81/h9-32,50,63-65,70-77,98,101H,33-37H2,1-8H3. The van der Waals surface area contributed by atoms with E-state index >= 15 is 0 Å². The zero-order valence-electron chi connectivity index (χ0n) is 68.7. The lowest BCUT2D eigenvalue weighted by Crippen LogP contribution is -2.64. The predicted octanol–water partition coefficient (Wildman–Crippen LogP) is 3.54. The molecule has 26 nitrogen and oxygen atoms in total. The van der Waals surface area contributed by atoms with E-state index in [-0.39, 0.29) is 49.5 Å². The van der Waals surface area contributed by atoms with Gasteiger partial charge in [0.05, 0.1) is 42.0 Å². The molecule has 6 aliphatic heterocycles. The third kappa shape index (κ3) is 21.7.